The average Bonchev–Trinajstić information content (AvgIpc) is 2.39. The second-order valence-electron chi connectivity index (χ2n) is 4.45. The summed E-state index contributed by atoms with van der Waals surface area (Å²) in [5, 5.41) is 12.4. The minimum Gasteiger partial charge on any atom is -0.508 e. The summed E-state index contributed by atoms with van der Waals surface area (Å²) in [6.45, 7) is 2.62. The van der Waals surface area contributed by atoms with Crippen molar-refractivity contribution in [3.05, 3.63) is 59.7 Å². The summed E-state index contributed by atoms with van der Waals surface area (Å²) in [5.41, 5.74) is 1.56. The standard InChI is InChI=1S/C15H17FN2O/c1-11(14-6-5-13(19)10-15(14)16)17-9-7-12-4-2-3-8-18-12/h2-6,8,10-11,17,19H,7,9H2,1H3. The topological polar surface area (TPSA) is 45.2 Å². The lowest BCUT2D eigenvalue weighted by atomic mass is 10.1. The number of nitrogens with one attached hydrogen (secondary N) is 1. The van der Waals surface area contributed by atoms with Crippen LogP contribution in [-0.2, 0) is 6.42 Å². The van der Waals surface area contributed by atoms with Crippen LogP contribution >= 0.6 is 0 Å². The number of hydrogen-bond acceptors (Lipinski definition) is 3. The van der Waals surface area contributed by atoms with E-state index in [9.17, 15) is 9.50 Å². The van der Waals surface area contributed by atoms with Crippen molar-refractivity contribution in [1.29, 1.82) is 0 Å². The number of phenols is 1. The monoisotopic (exact) mass is 260 g/mol. The van der Waals surface area contributed by atoms with Gasteiger partial charge in [-0.15, -0.1) is 0 Å². The molecule has 0 saturated carbocycles. The maximum atomic E-state index is 13.6. The molecule has 1 heterocycles. The highest BCUT2D eigenvalue weighted by atomic mass is 19.1. The molecular weight excluding hydrogens is 243 g/mol. The van der Waals surface area contributed by atoms with E-state index in [4.69, 9.17) is 0 Å². The molecular formula is C15H17FN2O. The molecule has 0 fully saturated rings. The van der Waals surface area contributed by atoms with Gasteiger partial charge in [-0.25, -0.2) is 4.39 Å². The van der Waals surface area contributed by atoms with Crippen molar-refractivity contribution in [2.75, 3.05) is 6.54 Å². The molecule has 1 aromatic heterocycles. The fourth-order valence-corrected chi connectivity index (χ4v) is 1.94. The molecule has 2 N–H and O–H groups in total. The van der Waals surface area contributed by atoms with Gasteiger partial charge in [0.15, 0.2) is 0 Å². The van der Waals surface area contributed by atoms with Gasteiger partial charge in [-0.1, -0.05) is 12.1 Å². The fraction of sp³-hybridized carbons (Fsp3) is 0.267. The number of benzene rings is 1. The van der Waals surface area contributed by atoms with Gasteiger partial charge in [0.25, 0.3) is 0 Å². The first-order chi connectivity index (χ1) is 9.16. The molecule has 0 aliphatic carbocycles. The molecule has 2 rings (SSSR count). The Labute approximate surface area is 112 Å². The highest BCUT2D eigenvalue weighted by Crippen LogP contribution is 2.20. The van der Waals surface area contributed by atoms with Crippen molar-refractivity contribution < 1.29 is 9.50 Å². The highest BCUT2D eigenvalue weighted by Gasteiger charge is 2.10. The van der Waals surface area contributed by atoms with Crippen molar-refractivity contribution in [3.8, 4) is 5.75 Å². The minimum absolute atomic E-state index is 0.0538. The number of phenolic OH excluding ortho intramolecular Hbond substituents is 1. The lowest BCUT2D eigenvalue weighted by Crippen LogP contribution is -2.22. The van der Waals surface area contributed by atoms with Gasteiger partial charge < -0.3 is 10.4 Å². The van der Waals surface area contributed by atoms with Crippen LogP contribution < -0.4 is 5.32 Å². The third-order valence-corrected chi connectivity index (χ3v) is 3.01. The number of pyridine rings is 1. The number of nitrogens with zero attached hydrogens (tertiary/aromatic N) is 1. The first-order valence-corrected chi connectivity index (χ1v) is 6.28. The predicted octanol–water partition coefficient (Wildman–Crippen LogP) is 2.82. The maximum absolute atomic E-state index is 13.6. The zero-order chi connectivity index (χ0) is 13.7. The molecule has 2 aromatic rings. The van der Waals surface area contributed by atoms with Crippen LogP contribution in [0.2, 0.25) is 0 Å². The summed E-state index contributed by atoms with van der Waals surface area (Å²) in [6, 6.07) is 9.92. The number of hydrogen-bond donors (Lipinski definition) is 2. The molecule has 0 bridgehead atoms. The molecule has 0 spiro atoms. The first kappa shape index (κ1) is 13.5. The van der Waals surface area contributed by atoms with Crippen molar-refractivity contribution in [3.63, 3.8) is 0 Å². The minimum atomic E-state index is -0.391. The van der Waals surface area contributed by atoms with E-state index in [1.807, 2.05) is 25.1 Å². The van der Waals surface area contributed by atoms with Crippen LogP contribution in [0.15, 0.2) is 42.6 Å². The number of halogens is 1. The zero-order valence-electron chi connectivity index (χ0n) is 10.8. The third kappa shape index (κ3) is 3.76. The summed E-state index contributed by atoms with van der Waals surface area (Å²) in [5.74, 6) is -0.445. The van der Waals surface area contributed by atoms with Gasteiger partial charge >= 0.3 is 0 Å². The van der Waals surface area contributed by atoms with E-state index in [-0.39, 0.29) is 11.8 Å². The van der Waals surface area contributed by atoms with Gasteiger partial charge in [0.1, 0.15) is 11.6 Å². The lowest BCUT2D eigenvalue weighted by Gasteiger charge is -2.15. The average molecular weight is 260 g/mol. The predicted molar refractivity (Wildman–Crippen MR) is 72.4 cm³/mol. The largest absolute Gasteiger partial charge is 0.508 e. The van der Waals surface area contributed by atoms with Gasteiger partial charge in [-0.2, -0.15) is 0 Å². The van der Waals surface area contributed by atoms with Gasteiger partial charge in [0.05, 0.1) is 0 Å². The Balaban J connectivity index is 1.89. The summed E-state index contributed by atoms with van der Waals surface area (Å²) in [7, 11) is 0. The smallest absolute Gasteiger partial charge is 0.131 e. The normalized spacial score (nSPS) is 12.3. The van der Waals surface area contributed by atoms with Crippen LogP contribution in [0.3, 0.4) is 0 Å². The Morgan fingerprint density at radius 1 is 1.32 bits per heavy atom. The van der Waals surface area contributed by atoms with Gasteiger partial charge in [0.2, 0.25) is 0 Å². The number of aromatic hydroxyl groups is 1. The Bertz CT molecular complexity index is 531. The summed E-state index contributed by atoms with van der Waals surface area (Å²) >= 11 is 0. The molecule has 4 heteroatoms. The molecule has 0 aliphatic rings. The van der Waals surface area contributed by atoms with E-state index >= 15 is 0 Å². The summed E-state index contributed by atoms with van der Waals surface area (Å²) < 4.78 is 13.6. The molecule has 0 saturated heterocycles. The van der Waals surface area contributed by atoms with Crippen molar-refractivity contribution in [2.24, 2.45) is 0 Å². The highest BCUT2D eigenvalue weighted by molar-refractivity contribution is 5.29. The van der Waals surface area contributed by atoms with Crippen LogP contribution in [0, 0.1) is 5.82 Å². The molecule has 1 aromatic carbocycles. The maximum Gasteiger partial charge on any atom is 0.131 e. The molecule has 0 radical (unpaired) electrons. The zero-order valence-corrected chi connectivity index (χ0v) is 10.8. The summed E-state index contributed by atoms with van der Waals surface area (Å²) in [6.07, 6.45) is 2.56. The lowest BCUT2D eigenvalue weighted by molar-refractivity contribution is 0.464. The molecule has 19 heavy (non-hydrogen) atoms. The van der Waals surface area contributed by atoms with E-state index in [0.717, 1.165) is 24.7 Å². The van der Waals surface area contributed by atoms with Crippen LogP contribution in [0.1, 0.15) is 24.2 Å². The Kier molecular flexibility index (Phi) is 4.47. The Hall–Kier alpha value is -1.94. The van der Waals surface area contributed by atoms with E-state index < -0.39 is 5.82 Å². The van der Waals surface area contributed by atoms with Gasteiger partial charge in [0, 0.05) is 42.5 Å². The quantitative estimate of drug-likeness (QED) is 0.869. The first-order valence-electron chi connectivity index (χ1n) is 6.28. The fourth-order valence-electron chi connectivity index (χ4n) is 1.94. The van der Waals surface area contributed by atoms with E-state index in [1.54, 1.807) is 12.3 Å². The third-order valence-electron chi connectivity index (χ3n) is 3.01. The van der Waals surface area contributed by atoms with Crippen molar-refractivity contribution in [1.82, 2.24) is 10.3 Å². The Morgan fingerprint density at radius 2 is 2.16 bits per heavy atom. The molecule has 1 unspecified atom stereocenters. The second-order valence-corrected chi connectivity index (χ2v) is 4.45. The van der Waals surface area contributed by atoms with E-state index in [0.29, 0.717) is 5.56 Å². The second kappa shape index (κ2) is 6.29. The van der Waals surface area contributed by atoms with Gasteiger partial charge in [-0.05, 0) is 25.1 Å². The van der Waals surface area contributed by atoms with Crippen LogP contribution in [-0.4, -0.2) is 16.6 Å². The van der Waals surface area contributed by atoms with E-state index in [2.05, 4.69) is 10.3 Å². The van der Waals surface area contributed by atoms with Crippen LogP contribution in [0.4, 0.5) is 4.39 Å². The summed E-state index contributed by atoms with van der Waals surface area (Å²) in [4.78, 5) is 4.23. The molecule has 0 amide bonds. The molecule has 3 nitrogen and oxygen atoms in total. The molecule has 1 atom stereocenters. The van der Waals surface area contributed by atoms with Crippen LogP contribution in [0.5, 0.6) is 5.75 Å². The Morgan fingerprint density at radius 3 is 2.84 bits per heavy atom. The van der Waals surface area contributed by atoms with Crippen molar-refractivity contribution >= 4 is 0 Å². The van der Waals surface area contributed by atoms with Crippen molar-refractivity contribution in [2.45, 2.75) is 19.4 Å². The van der Waals surface area contributed by atoms with E-state index in [1.165, 1.54) is 6.07 Å². The number of aromatic nitrogens is 1. The van der Waals surface area contributed by atoms with Crippen LogP contribution in [0.25, 0.3) is 0 Å². The molecule has 100 valence electrons. The van der Waals surface area contributed by atoms with Gasteiger partial charge in [-0.3, -0.25) is 4.98 Å². The SMILES string of the molecule is CC(NCCc1ccccn1)c1ccc(O)cc1F. The molecule has 0 aliphatic heterocycles. The number of rotatable bonds is 5.